The van der Waals surface area contributed by atoms with Crippen molar-refractivity contribution in [1.29, 1.82) is 0 Å². The van der Waals surface area contributed by atoms with E-state index in [1.165, 1.54) is 0 Å². The topological polar surface area (TPSA) is 41.6 Å². The van der Waals surface area contributed by atoms with Crippen LogP contribution in [-0.4, -0.2) is 50.2 Å². The molecule has 1 unspecified atom stereocenters. The lowest BCUT2D eigenvalue weighted by molar-refractivity contribution is -0.129. The predicted molar refractivity (Wildman–Crippen MR) is 59.8 cm³/mol. The van der Waals surface area contributed by atoms with Crippen LogP contribution in [0.1, 0.15) is 26.2 Å². The minimum absolute atomic E-state index is 0.0284. The minimum atomic E-state index is 0.0284. The number of hydrogen-bond donors (Lipinski definition) is 1. The predicted octanol–water partition coefficient (Wildman–Crippen LogP) is 0.623. The van der Waals surface area contributed by atoms with Gasteiger partial charge in [-0.3, -0.25) is 4.79 Å². The van der Waals surface area contributed by atoms with Crippen LogP contribution in [0, 0.1) is 0 Å². The molecule has 0 spiro atoms. The molecule has 1 N–H and O–H groups in total. The van der Waals surface area contributed by atoms with E-state index in [0.29, 0.717) is 6.61 Å². The van der Waals surface area contributed by atoms with Gasteiger partial charge < -0.3 is 15.0 Å². The average Bonchev–Trinajstić information content (AvgIpc) is 2.60. The Bertz CT molecular complexity index is 197. The van der Waals surface area contributed by atoms with Crippen molar-refractivity contribution in [3.05, 3.63) is 0 Å². The third-order valence-electron chi connectivity index (χ3n) is 2.79. The minimum Gasteiger partial charge on any atom is -0.380 e. The molecule has 0 aromatic carbocycles. The Kier molecular flexibility index (Phi) is 5.65. The lowest BCUT2D eigenvalue weighted by atomic mass is 10.3. The maximum absolute atomic E-state index is 11.7. The molecule has 0 aliphatic carbocycles. The van der Waals surface area contributed by atoms with E-state index < -0.39 is 0 Å². The van der Waals surface area contributed by atoms with Crippen LogP contribution in [0.2, 0.25) is 0 Å². The van der Waals surface area contributed by atoms with Crippen molar-refractivity contribution < 1.29 is 9.53 Å². The van der Waals surface area contributed by atoms with Gasteiger partial charge in [-0.15, -0.1) is 0 Å². The molecule has 1 atom stereocenters. The molecule has 1 amide bonds. The highest BCUT2D eigenvalue weighted by molar-refractivity contribution is 5.83. The highest BCUT2D eigenvalue weighted by Gasteiger charge is 2.29. The summed E-state index contributed by atoms with van der Waals surface area (Å²) in [6, 6.07) is 0.0284. The van der Waals surface area contributed by atoms with E-state index in [9.17, 15) is 4.79 Å². The number of hydrogen-bond acceptors (Lipinski definition) is 3. The number of carbonyl (C=O) groups excluding carboxylic acids is 1. The Hall–Kier alpha value is -0.610. The summed E-state index contributed by atoms with van der Waals surface area (Å²) in [7, 11) is 1.84. The SMILES string of the molecule is CCCCOCCN1CCC(NC)C1=O. The third kappa shape index (κ3) is 3.80. The summed E-state index contributed by atoms with van der Waals surface area (Å²) >= 11 is 0. The van der Waals surface area contributed by atoms with Gasteiger partial charge in [0.25, 0.3) is 0 Å². The monoisotopic (exact) mass is 214 g/mol. The Morgan fingerprint density at radius 3 is 2.93 bits per heavy atom. The van der Waals surface area contributed by atoms with Crippen LogP contribution >= 0.6 is 0 Å². The van der Waals surface area contributed by atoms with Gasteiger partial charge in [-0.25, -0.2) is 0 Å². The average molecular weight is 214 g/mol. The van der Waals surface area contributed by atoms with Crippen LogP contribution in [0.15, 0.2) is 0 Å². The summed E-state index contributed by atoms with van der Waals surface area (Å²) in [5.74, 6) is 0.219. The molecule has 1 aliphatic rings. The van der Waals surface area contributed by atoms with Crippen molar-refractivity contribution in [2.24, 2.45) is 0 Å². The molecule has 1 fully saturated rings. The first kappa shape index (κ1) is 12.5. The van der Waals surface area contributed by atoms with Gasteiger partial charge in [0.1, 0.15) is 0 Å². The quantitative estimate of drug-likeness (QED) is 0.632. The number of nitrogens with one attached hydrogen (secondary N) is 1. The largest absolute Gasteiger partial charge is 0.380 e. The van der Waals surface area contributed by atoms with Crippen LogP contribution in [0.4, 0.5) is 0 Å². The second kappa shape index (κ2) is 6.80. The standard InChI is InChI=1S/C11H22N2O2/c1-3-4-8-15-9-7-13-6-5-10(12-2)11(13)14/h10,12H,3-9H2,1-2H3. The maximum Gasteiger partial charge on any atom is 0.239 e. The van der Waals surface area contributed by atoms with Crippen LogP contribution in [0.5, 0.6) is 0 Å². The first-order valence-electron chi connectivity index (χ1n) is 5.83. The second-order valence-corrected chi connectivity index (χ2v) is 3.92. The third-order valence-corrected chi connectivity index (χ3v) is 2.79. The van der Waals surface area contributed by atoms with Gasteiger partial charge in [0.2, 0.25) is 5.91 Å². The molecule has 0 saturated carbocycles. The number of carbonyl (C=O) groups is 1. The lowest BCUT2D eigenvalue weighted by Gasteiger charge is -2.16. The highest BCUT2D eigenvalue weighted by atomic mass is 16.5. The zero-order chi connectivity index (χ0) is 11.1. The van der Waals surface area contributed by atoms with E-state index in [1.807, 2.05) is 11.9 Å². The number of amides is 1. The fourth-order valence-corrected chi connectivity index (χ4v) is 1.75. The van der Waals surface area contributed by atoms with Crippen LogP contribution in [-0.2, 0) is 9.53 Å². The van der Waals surface area contributed by atoms with Crippen LogP contribution in [0.25, 0.3) is 0 Å². The van der Waals surface area contributed by atoms with Crippen molar-refractivity contribution >= 4 is 5.91 Å². The lowest BCUT2D eigenvalue weighted by Crippen LogP contribution is -2.37. The zero-order valence-corrected chi connectivity index (χ0v) is 9.79. The molecule has 0 bridgehead atoms. The summed E-state index contributed by atoms with van der Waals surface area (Å²) in [6.07, 6.45) is 3.18. The van der Waals surface area contributed by atoms with Crippen molar-refractivity contribution in [3.63, 3.8) is 0 Å². The van der Waals surface area contributed by atoms with Gasteiger partial charge in [0.15, 0.2) is 0 Å². The van der Waals surface area contributed by atoms with Gasteiger partial charge in [0.05, 0.1) is 12.6 Å². The van der Waals surface area contributed by atoms with Gasteiger partial charge in [-0.1, -0.05) is 13.3 Å². The number of likely N-dealkylation sites (tertiary alicyclic amines) is 1. The zero-order valence-electron chi connectivity index (χ0n) is 9.79. The van der Waals surface area contributed by atoms with Crippen molar-refractivity contribution in [2.75, 3.05) is 33.4 Å². The van der Waals surface area contributed by atoms with E-state index in [0.717, 1.165) is 39.0 Å². The first-order chi connectivity index (χ1) is 7.29. The van der Waals surface area contributed by atoms with E-state index >= 15 is 0 Å². The van der Waals surface area contributed by atoms with Gasteiger partial charge in [0, 0.05) is 19.7 Å². The smallest absolute Gasteiger partial charge is 0.239 e. The Balaban J connectivity index is 2.09. The number of likely N-dealkylation sites (N-methyl/N-ethyl adjacent to an activating group) is 1. The molecule has 4 heteroatoms. The summed E-state index contributed by atoms with van der Waals surface area (Å²) in [4.78, 5) is 13.5. The van der Waals surface area contributed by atoms with Crippen molar-refractivity contribution in [1.82, 2.24) is 10.2 Å². The number of nitrogens with zero attached hydrogens (tertiary/aromatic N) is 1. The molecular formula is C11H22N2O2. The molecule has 0 aromatic rings. The van der Waals surface area contributed by atoms with Gasteiger partial charge in [-0.2, -0.15) is 0 Å². The molecule has 1 aliphatic heterocycles. The van der Waals surface area contributed by atoms with E-state index in [4.69, 9.17) is 4.74 Å². The van der Waals surface area contributed by atoms with Crippen LogP contribution < -0.4 is 5.32 Å². The number of rotatable bonds is 7. The van der Waals surface area contributed by atoms with Crippen molar-refractivity contribution in [3.8, 4) is 0 Å². The van der Waals surface area contributed by atoms with Crippen LogP contribution in [0.3, 0.4) is 0 Å². The van der Waals surface area contributed by atoms with E-state index in [-0.39, 0.29) is 11.9 Å². The molecule has 1 rings (SSSR count). The molecule has 0 radical (unpaired) electrons. The van der Waals surface area contributed by atoms with Gasteiger partial charge in [-0.05, 0) is 19.9 Å². The Morgan fingerprint density at radius 1 is 1.53 bits per heavy atom. The molecule has 1 heterocycles. The maximum atomic E-state index is 11.7. The molecule has 0 aromatic heterocycles. The summed E-state index contributed by atoms with van der Waals surface area (Å²) in [5, 5.41) is 3.02. The normalized spacial score (nSPS) is 21.3. The molecule has 88 valence electrons. The highest BCUT2D eigenvalue weighted by Crippen LogP contribution is 2.09. The number of unbranched alkanes of at least 4 members (excludes halogenated alkanes) is 1. The molecule has 15 heavy (non-hydrogen) atoms. The molecular weight excluding hydrogens is 192 g/mol. The summed E-state index contributed by atoms with van der Waals surface area (Å²) < 4.78 is 5.44. The van der Waals surface area contributed by atoms with Gasteiger partial charge >= 0.3 is 0 Å². The fraction of sp³-hybridized carbons (Fsp3) is 0.909. The molecule has 4 nitrogen and oxygen atoms in total. The number of ether oxygens (including phenoxy) is 1. The second-order valence-electron chi connectivity index (χ2n) is 3.92. The van der Waals surface area contributed by atoms with E-state index in [1.54, 1.807) is 0 Å². The Morgan fingerprint density at radius 2 is 2.33 bits per heavy atom. The Labute approximate surface area is 92.0 Å². The van der Waals surface area contributed by atoms with E-state index in [2.05, 4.69) is 12.2 Å². The fourth-order valence-electron chi connectivity index (χ4n) is 1.75. The van der Waals surface area contributed by atoms with Crippen molar-refractivity contribution in [2.45, 2.75) is 32.2 Å². The summed E-state index contributed by atoms with van der Waals surface area (Å²) in [5.41, 5.74) is 0. The summed E-state index contributed by atoms with van der Waals surface area (Å²) in [6.45, 7) is 5.23. The first-order valence-corrected chi connectivity index (χ1v) is 5.83. The molecule has 1 saturated heterocycles.